The lowest BCUT2D eigenvalue weighted by atomic mass is 10.0. The highest BCUT2D eigenvalue weighted by Crippen LogP contribution is 2.16. The Bertz CT molecular complexity index is 502. The minimum Gasteiger partial charge on any atom is -0.478 e. The first-order chi connectivity index (χ1) is 13.3. The molecule has 0 saturated heterocycles. The molecule has 0 heterocycles. The first-order valence-electron chi connectivity index (χ1n) is 9.83. The number of carboxylic acids is 2. The molecule has 0 bridgehead atoms. The molecular weight excluding hydrogens is 368 g/mol. The number of rotatable bonds is 16. The summed E-state index contributed by atoms with van der Waals surface area (Å²) in [6, 6.07) is 0. The zero-order chi connectivity index (χ0) is 21.4. The van der Waals surface area contributed by atoms with Crippen molar-refractivity contribution >= 4 is 23.9 Å². The molecule has 8 heteroatoms. The van der Waals surface area contributed by atoms with Gasteiger partial charge in [0.05, 0.1) is 37.2 Å². The third kappa shape index (κ3) is 12.1. The first-order valence-corrected chi connectivity index (χ1v) is 9.83. The van der Waals surface area contributed by atoms with E-state index in [9.17, 15) is 29.4 Å². The second-order valence-electron chi connectivity index (χ2n) is 6.48. The predicted octanol–water partition coefficient (Wildman–Crippen LogP) is 3.48. The van der Waals surface area contributed by atoms with E-state index in [4.69, 9.17) is 9.47 Å². The monoisotopic (exact) mass is 400 g/mol. The SMILES string of the molecule is CCCCCCOC(=O)C/C(C(=O)O)=C(/CC(=O)OCCCCCC)C(=O)O. The second-order valence-corrected chi connectivity index (χ2v) is 6.48. The van der Waals surface area contributed by atoms with Crippen molar-refractivity contribution < 1.29 is 38.9 Å². The Balaban J connectivity index is 4.82. The topological polar surface area (TPSA) is 127 Å². The van der Waals surface area contributed by atoms with Gasteiger partial charge in [0.1, 0.15) is 0 Å². The van der Waals surface area contributed by atoms with Crippen LogP contribution in [0.1, 0.15) is 78.1 Å². The fourth-order valence-corrected chi connectivity index (χ4v) is 2.44. The van der Waals surface area contributed by atoms with Crippen molar-refractivity contribution in [1.82, 2.24) is 0 Å². The van der Waals surface area contributed by atoms with Crippen LogP contribution in [0.25, 0.3) is 0 Å². The predicted molar refractivity (Wildman–Crippen MR) is 102 cm³/mol. The quantitative estimate of drug-likeness (QED) is 0.229. The Hall–Kier alpha value is -2.38. The van der Waals surface area contributed by atoms with Gasteiger partial charge in [-0.05, 0) is 12.8 Å². The number of carbonyl (C=O) groups is 4. The van der Waals surface area contributed by atoms with Gasteiger partial charge >= 0.3 is 23.9 Å². The minimum atomic E-state index is -1.57. The van der Waals surface area contributed by atoms with Crippen molar-refractivity contribution in [2.75, 3.05) is 13.2 Å². The number of aliphatic carboxylic acids is 2. The molecule has 0 atom stereocenters. The molecule has 160 valence electrons. The lowest BCUT2D eigenvalue weighted by molar-refractivity contribution is -0.146. The highest BCUT2D eigenvalue weighted by atomic mass is 16.5. The molecule has 0 aliphatic heterocycles. The van der Waals surface area contributed by atoms with E-state index in [0.717, 1.165) is 38.5 Å². The number of hydrogen-bond donors (Lipinski definition) is 2. The van der Waals surface area contributed by atoms with Crippen LogP contribution in [-0.2, 0) is 28.7 Å². The molecule has 2 N–H and O–H groups in total. The van der Waals surface area contributed by atoms with Crippen LogP contribution in [0.2, 0.25) is 0 Å². The lowest BCUT2D eigenvalue weighted by Gasteiger charge is -2.10. The smallest absolute Gasteiger partial charge is 0.332 e. The molecule has 0 spiro atoms. The third-order valence-corrected chi connectivity index (χ3v) is 4.04. The summed E-state index contributed by atoms with van der Waals surface area (Å²) in [7, 11) is 0. The van der Waals surface area contributed by atoms with Gasteiger partial charge in [-0.15, -0.1) is 0 Å². The molecule has 28 heavy (non-hydrogen) atoms. The summed E-state index contributed by atoms with van der Waals surface area (Å²) in [5.41, 5.74) is -1.32. The van der Waals surface area contributed by atoms with Crippen molar-refractivity contribution in [1.29, 1.82) is 0 Å². The standard InChI is InChI=1S/C20H32O8/c1-3-5-7-9-11-27-17(21)13-15(19(23)24)16(20(25)26)14-18(22)28-12-10-8-6-4-2/h3-14H2,1-2H3,(H,23,24)(H,25,26)/b16-15+. The maximum atomic E-state index is 11.8. The average molecular weight is 400 g/mol. The Morgan fingerprint density at radius 2 is 0.964 bits per heavy atom. The summed E-state index contributed by atoms with van der Waals surface area (Å²) in [5, 5.41) is 18.6. The van der Waals surface area contributed by atoms with Gasteiger partial charge in [0.2, 0.25) is 0 Å². The zero-order valence-corrected chi connectivity index (χ0v) is 16.8. The molecule has 0 aromatic carbocycles. The van der Waals surface area contributed by atoms with Crippen LogP contribution in [0.15, 0.2) is 11.1 Å². The first kappa shape index (κ1) is 25.6. The Morgan fingerprint density at radius 3 is 1.25 bits per heavy atom. The van der Waals surface area contributed by atoms with Gasteiger partial charge in [-0.25, -0.2) is 9.59 Å². The summed E-state index contributed by atoms with van der Waals surface area (Å²) >= 11 is 0. The van der Waals surface area contributed by atoms with Crippen LogP contribution in [0.4, 0.5) is 0 Å². The highest BCUT2D eigenvalue weighted by molar-refractivity contribution is 6.04. The summed E-state index contributed by atoms with van der Waals surface area (Å²) in [5.74, 6) is -4.81. The van der Waals surface area contributed by atoms with Gasteiger partial charge in [-0.2, -0.15) is 0 Å². The Kier molecular flexibility index (Phi) is 14.3. The van der Waals surface area contributed by atoms with Crippen LogP contribution in [0.5, 0.6) is 0 Å². The Labute approximate surface area is 165 Å². The van der Waals surface area contributed by atoms with E-state index in [0.29, 0.717) is 12.8 Å². The zero-order valence-electron chi connectivity index (χ0n) is 16.8. The lowest BCUT2D eigenvalue weighted by Crippen LogP contribution is -2.19. The van der Waals surface area contributed by atoms with Gasteiger partial charge in [-0.1, -0.05) is 52.4 Å². The van der Waals surface area contributed by atoms with E-state index in [1.54, 1.807) is 0 Å². The number of carboxylic acid groups (broad SMARTS) is 2. The van der Waals surface area contributed by atoms with Gasteiger partial charge in [-0.3, -0.25) is 9.59 Å². The summed E-state index contributed by atoms with van der Waals surface area (Å²) in [6.07, 6.45) is 5.70. The van der Waals surface area contributed by atoms with Crippen molar-refractivity contribution in [3.05, 3.63) is 11.1 Å². The molecule has 0 aliphatic carbocycles. The molecular formula is C20H32O8. The fraction of sp³-hybridized carbons (Fsp3) is 0.700. The number of unbranched alkanes of at least 4 members (excludes halogenated alkanes) is 6. The molecule has 0 aromatic heterocycles. The van der Waals surface area contributed by atoms with Crippen LogP contribution in [-0.4, -0.2) is 47.3 Å². The second kappa shape index (κ2) is 15.7. The van der Waals surface area contributed by atoms with Crippen LogP contribution >= 0.6 is 0 Å². The number of carbonyl (C=O) groups excluding carboxylic acids is 2. The molecule has 0 radical (unpaired) electrons. The molecule has 0 saturated carbocycles. The average Bonchev–Trinajstić information content (AvgIpc) is 2.63. The van der Waals surface area contributed by atoms with E-state index in [2.05, 4.69) is 0 Å². The largest absolute Gasteiger partial charge is 0.478 e. The minimum absolute atomic E-state index is 0.147. The summed E-state index contributed by atoms with van der Waals surface area (Å²) in [6.45, 7) is 4.38. The van der Waals surface area contributed by atoms with Gasteiger partial charge in [0.25, 0.3) is 0 Å². The molecule has 0 unspecified atom stereocenters. The maximum absolute atomic E-state index is 11.8. The van der Waals surface area contributed by atoms with E-state index in [-0.39, 0.29) is 13.2 Å². The molecule has 0 aliphatic rings. The van der Waals surface area contributed by atoms with Crippen molar-refractivity contribution in [3.63, 3.8) is 0 Å². The molecule has 0 fully saturated rings. The van der Waals surface area contributed by atoms with E-state index in [1.165, 1.54) is 0 Å². The molecule has 0 amide bonds. The van der Waals surface area contributed by atoms with Crippen molar-refractivity contribution in [2.45, 2.75) is 78.1 Å². The van der Waals surface area contributed by atoms with E-state index in [1.807, 2.05) is 13.8 Å². The van der Waals surface area contributed by atoms with Crippen molar-refractivity contribution in [2.24, 2.45) is 0 Å². The van der Waals surface area contributed by atoms with Crippen LogP contribution < -0.4 is 0 Å². The van der Waals surface area contributed by atoms with Crippen LogP contribution in [0, 0.1) is 0 Å². The summed E-state index contributed by atoms with van der Waals surface area (Å²) < 4.78 is 9.92. The number of hydrogen-bond acceptors (Lipinski definition) is 6. The number of ether oxygens (including phenoxy) is 2. The normalized spacial score (nSPS) is 11.5. The summed E-state index contributed by atoms with van der Waals surface area (Å²) in [4.78, 5) is 46.6. The van der Waals surface area contributed by atoms with Gasteiger partial charge in [0.15, 0.2) is 0 Å². The van der Waals surface area contributed by atoms with Crippen molar-refractivity contribution in [3.8, 4) is 0 Å². The highest BCUT2D eigenvalue weighted by Gasteiger charge is 2.25. The van der Waals surface area contributed by atoms with Gasteiger partial charge < -0.3 is 19.7 Å². The third-order valence-electron chi connectivity index (χ3n) is 4.04. The molecule has 8 nitrogen and oxygen atoms in total. The Morgan fingerprint density at radius 1 is 0.607 bits per heavy atom. The molecule has 0 rings (SSSR count). The fourth-order valence-electron chi connectivity index (χ4n) is 2.44. The van der Waals surface area contributed by atoms with E-state index >= 15 is 0 Å². The van der Waals surface area contributed by atoms with Gasteiger partial charge in [0, 0.05) is 0 Å². The number of esters is 2. The molecule has 0 aromatic rings. The van der Waals surface area contributed by atoms with Crippen LogP contribution in [0.3, 0.4) is 0 Å². The van der Waals surface area contributed by atoms with E-state index < -0.39 is 47.9 Å². The maximum Gasteiger partial charge on any atom is 0.332 e.